The molecule has 0 bridgehead atoms. The van der Waals surface area contributed by atoms with Crippen LogP contribution in [0.15, 0.2) is 10.9 Å². The van der Waals surface area contributed by atoms with Crippen molar-refractivity contribution in [3.05, 3.63) is 12.2 Å². The first-order valence-corrected chi connectivity index (χ1v) is 6.45. The van der Waals surface area contributed by atoms with Gasteiger partial charge in [0.25, 0.3) is 0 Å². The summed E-state index contributed by atoms with van der Waals surface area (Å²) >= 11 is 0. The summed E-state index contributed by atoms with van der Waals surface area (Å²) in [5.41, 5.74) is 0. The van der Waals surface area contributed by atoms with Gasteiger partial charge in [-0.25, -0.2) is 0 Å². The largest absolute Gasteiger partial charge is 0.340 e. The Hall–Kier alpha value is -0.940. The summed E-state index contributed by atoms with van der Waals surface area (Å²) in [6.07, 6.45) is 3.63. The van der Waals surface area contributed by atoms with Crippen molar-refractivity contribution in [2.24, 2.45) is 5.92 Å². The first-order valence-electron chi connectivity index (χ1n) is 6.45. The molecule has 1 aromatic rings. The van der Waals surface area contributed by atoms with Crippen molar-refractivity contribution >= 4 is 0 Å². The van der Waals surface area contributed by atoms with Crippen LogP contribution in [-0.2, 0) is 6.42 Å². The third kappa shape index (κ3) is 4.09. The highest BCUT2D eigenvalue weighted by Gasteiger charge is 2.22. The quantitative estimate of drug-likeness (QED) is 0.799. The lowest BCUT2D eigenvalue weighted by atomic mass is 10.1. The second kappa shape index (κ2) is 6.12. The monoisotopic (exact) mass is 238 g/mol. The SMILES string of the molecule is CC(C)NCC1CCN(CCc2ncno2)C1. The zero-order chi connectivity index (χ0) is 12.1. The summed E-state index contributed by atoms with van der Waals surface area (Å²) in [5.74, 6) is 1.54. The number of nitrogens with one attached hydrogen (secondary N) is 1. The summed E-state index contributed by atoms with van der Waals surface area (Å²) < 4.78 is 5.00. The molecule has 1 fully saturated rings. The normalized spacial score (nSPS) is 21.5. The number of aromatic nitrogens is 2. The van der Waals surface area contributed by atoms with Crippen LogP contribution in [0.3, 0.4) is 0 Å². The Labute approximate surface area is 103 Å². The molecule has 96 valence electrons. The molecule has 1 aromatic heterocycles. The van der Waals surface area contributed by atoms with E-state index in [1.54, 1.807) is 0 Å². The molecule has 2 rings (SSSR count). The third-order valence-electron chi connectivity index (χ3n) is 3.23. The van der Waals surface area contributed by atoms with Gasteiger partial charge in [0.1, 0.15) is 0 Å². The van der Waals surface area contributed by atoms with Crippen LogP contribution in [0.1, 0.15) is 26.2 Å². The highest BCUT2D eigenvalue weighted by atomic mass is 16.5. The molecule has 1 saturated heterocycles. The van der Waals surface area contributed by atoms with E-state index in [9.17, 15) is 0 Å². The van der Waals surface area contributed by atoms with E-state index in [4.69, 9.17) is 4.52 Å². The Bertz CT molecular complexity index is 312. The molecular weight excluding hydrogens is 216 g/mol. The number of rotatable bonds is 6. The van der Waals surface area contributed by atoms with Crippen molar-refractivity contribution in [1.29, 1.82) is 0 Å². The van der Waals surface area contributed by atoms with Gasteiger partial charge >= 0.3 is 0 Å². The van der Waals surface area contributed by atoms with Gasteiger partial charge in [-0.05, 0) is 25.4 Å². The van der Waals surface area contributed by atoms with E-state index < -0.39 is 0 Å². The van der Waals surface area contributed by atoms with E-state index in [0.29, 0.717) is 6.04 Å². The fourth-order valence-electron chi connectivity index (χ4n) is 2.24. The van der Waals surface area contributed by atoms with Crippen LogP contribution in [0, 0.1) is 5.92 Å². The Kier molecular flexibility index (Phi) is 4.50. The lowest BCUT2D eigenvalue weighted by molar-refractivity contribution is 0.300. The van der Waals surface area contributed by atoms with E-state index in [-0.39, 0.29) is 0 Å². The highest BCUT2D eigenvalue weighted by Crippen LogP contribution is 2.15. The molecule has 1 N–H and O–H groups in total. The maximum atomic E-state index is 5.00. The molecule has 0 spiro atoms. The zero-order valence-electron chi connectivity index (χ0n) is 10.7. The average Bonchev–Trinajstić information content (AvgIpc) is 2.95. The van der Waals surface area contributed by atoms with Gasteiger partial charge in [-0.2, -0.15) is 4.98 Å². The molecule has 0 aliphatic carbocycles. The first kappa shape index (κ1) is 12.5. The van der Waals surface area contributed by atoms with E-state index >= 15 is 0 Å². The van der Waals surface area contributed by atoms with E-state index in [2.05, 4.69) is 34.2 Å². The first-order chi connectivity index (χ1) is 8.24. The van der Waals surface area contributed by atoms with Crippen molar-refractivity contribution in [3.63, 3.8) is 0 Å². The predicted octanol–water partition coefficient (Wildman–Crippen LogP) is 0.932. The summed E-state index contributed by atoms with van der Waals surface area (Å²) in [6.45, 7) is 8.94. The van der Waals surface area contributed by atoms with Gasteiger partial charge < -0.3 is 14.7 Å². The van der Waals surface area contributed by atoms with Gasteiger partial charge in [-0.3, -0.25) is 0 Å². The number of nitrogens with zero attached hydrogens (tertiary/aromatic N) is 3. The number of hydrogen-bond acceptors (Lipinski definition) is 5. The zero-order valence-corrected chi connectivity index (χ0v) is 10.7. The summed E-state index contributed by atoms with van der Waals surface area (Å²) in [7, 11) is 0. The van der Waals surface area contributed by atoms with Crippen LogP contribution < -0.4 is 5.32 Å². The van der Waals surface area contributed by atoms with Crippen molar-refractivity contribution < 1.29 is 4.52 Å². The molecule has 1 atom stereocenters. The van der Waals surface area contributed by atoms with E-state index in [1.807, 2.05) is 0 Å². The molecule has 17 heavy (non-hydrogen) atoms. The minimum atomic E-state index is 0.586. The molecule has 1 unspecified atom stereocenters. The molecule has 1 aliphatic rings. The molecular formula is C12H22N4O. The molecule has 0 saturated carbocycles. The standard InChI is InChI=1S/C12H22N4O/c1-10(2)13-7-11-3-5-16(8-11)6-4-12-14-9-15-17-12/h9-11,13H,3-8H2,1-2H3. The van der Waals surface area contributed by atoms with Crippen molar-refractivity contribution in [3.8, 4) is 0 Å². The smallest absolute Gasteiger partial charge is 0.227 e. The van der Waals surface area contributed by atoms with Crippen LogP contribution in [0.25, 0.3) is 0 Å². The molecule has 0 radical (unpaired) electrons. The third-order valence-corrected chi connectivity index (χ3v) is 3.23. The van der Waals surface area contributed by atoms with Crippen molar-refractivity contribution in [2.75, 3.05) is 26.2 Å². The number of likely N-dealkylation sites (tertiary alicyclic amines) is 1. The Balaban J connectivity index is 1.64. The molecule has 1 aliphatic heterocycles. The van der Waals surface area contributed by atoms with Gasteiger partial charge in [0.05, 0.1) is 0 Å². The Morgan fingerprint density at radius 3 is 3.18 bits per heavy atom. The summed E-state index contributed by atoms with van der Waals surface area (Å²) in [4.78, 5) is 6.52. The maximum Gasteiger partial charge on any atom is 0.227 e. The van der Waals surface area contributed by atoms with E-state index in [1.165, 1.54) is 25.8 Å². The second-order valence-corrected chi connectivity index (χ2v) is 5.10. The van der Waals surface area contributed by atoms with Crippen molar-refractivity contribution in [1.82, 2.24) is 20.4 Å². The fourth-order valence-corrected chi connectivity index (χ4v) is 2.24. The minimum Gasteiger partial charge on any atom is -0.340 e. The highest BCUT2D eigenvalue weighted by molar-refractivity contribution is 4.81. The predicted molar refractivity (Wildman–Crippen MR) is 65.7 cm³/mol. The maximum absolute atomic E-state index is 5.00. The van der Waals surface area contributed by atoms with Crippen molar-refractivity contribution in [2.45, 2.75) is 32.7 Å². The van der Waals surface area contributed by atoms with E-state index in [0.717, 1.165) is 31.3 Å². The molecule has 0 aromatic carbocycles. The molecule has 0 amide bonds. The fraction of sp³-hybridized carbons (Fsp3) is 0.833. The van der Waals surface area contributed by atoms with Crippen LogP contribution in [-0.4, -0.2) is 47.3 Å². The Morgan fingerprint density at radius 2 is 2.47 bits per heavy atom. The van der Waals surface area contributed by atoms with Gasteiger partial charge in [0.2, 0.25) is 5.89 Å². The van der Waals surface area contributed by atoms with Crippen LogP contribution in [0.4, 0.5) is 0 Å². The molecule has 5 heteroatoms. The summed E-state index contributed by atoms with van der Waals surface area (Å²) in [5, 5.41) is 7.13. The Morgan fingerprint density at radius 1 is 1.59 bits per heavy atom. The van der Waals surface area contributed by atoms with Crippen LogP contribution in [0.5, 0.6) is 0 Å². The lowest BCUT2D eigenvalue weighted by Crippen LogP contribution is -2.31. The topological polar surface area (TPSA) is 54.2 Å². The second-order valence-electron chi connectivity index (χ2n) is 5.10. The van der Waals surface area contributed by atoms with Gasteiger partial charge in [0, 0.05) is 25.6 Å². The molecule has 5 nitrogen and oxygen atoms in total. The van der Waals surface area contributed by atoms with Gasteiger partial charge in [-0.1, -0.05) is 19.0 Å². The minimum absolute atomic E-state index is 0.586. The number of hydrogen-bond donors (Lipinski definition) is 1. The van der Waals surface area contributed by atoms with Gasteiger partial charge in [-0.15, -0.1) is 0 Å². The van der Waals surface area contributed by atoms with Crippen LogP contribution in [0.2, 0.25) is 0 Å². The average molecular weight is 238 g/mol. The molecule has 2 heterocycles. The van der Waals surface area contributed by atoms with Gasteiger partial charge in [0.15, 0.2) is 6.33 Å². The lowest BCUT2D eigenvalue weighted by Gasteiger charge is -2.16. The van der Waals surface area contributed by atoms with Crippen LogP contribution >= 0.6 is 0 Å². The summed E-state index contributed by atoms with van der Waals surface area (Å²) in [6, 6.07) is 0.586.